The van der Waals surface area contributed by atoms with Gasteiger partial charge in [0.25, 0.3) is 0 Å². The van der Waals surface area contributed by atoms with Crippen molar-refractivity contribution in [3.8, 4) is 0 Å². The van der Waals surface area contributed by atoms with Crippen LogP contribution in [0.5, 0.6) is 0 Å². The summed E-state index contributed by atoms with van der Waals surface area (Å²) < 4.78 is 11.0. The molecule has 2 aliphatic heterocycles. The molecule has 0 N–H and O–H groups in total. The van der Waals surface area contributed by atoms with Crippen LogP contribution < -0.4 is 0 Å². The first-order chi connectivity index (χ1) is 8.69. The molecule has 0 amide bonds. The van der Waals surface area contributed by atoms with Crippen LogP contribution in [0.25, 0.3) is 0 Å². The van der Waals surface area contributed by atoms with Crippen molar-refractivity contribution < 1.29 is 9.47 Å². The molecule has 0 saturated heterocycles. The van der Waals surface area contributed by atoms with Crippen molar-refractivity contribution in [2.24, 2.45) is 4.99 Å². The summed E-state index contributed by atoms with van der Waals surface area (Å²) in [5.41, 5.74) is 1.82. The number of hydrogen-bond donors (Lipinski definition) is 0. The van der Waals surface area contributed by atoms with Crippen LogP contribution in [-0.4, -0.2) is 56.5 Å². The van der Waals surface area contributed by atoms with Crippen LogP contribution in [0.3, 0.4) is 0 Å². The average Bonchev–Trinajstić information content (AvgIpc) is 2.87. The van der Waals surface area contributed by atoms with Gasteiger partial charge < -0.3 is 19.3 Å². The Labute approximate surface area is 108 Å². The highest BCUT2D eigenvalue weighted by atomic mass is 16.7. The lowest BCUT2D eigenvalue weighted by Crippen LogP contribution is -2.30. The van der Waals surface area contributed by atoms with Crippen molar-refractivity contribution in [3.05, 3.63) is 36.1 Å². The largest absolute Gasteiger partial charge is 0.449 e. The van der Waals surface area contributed by atoms with Gasteiger partial charge in [0.1, 0.15) is 5.71 Å². The predicted molar refractivity (Wildman–Crippen MR) is 71.0 cm³/mol. The van der Waals surface area contributed by atoms with E-state index in [9.17, 15) is 0 Å². The molecule has 0 bridgehead atoms. The van der Waals surface area contributed by atoms with Crippen molar-refractivity contribution in [1.82, 2.24) is 9.80 Å². The van der Waals surface area contributed by atoms with E-state index >= 15 is 0 Å². The predicted octanol–water partition coefficient (Wildman–Crippen LogP) is 1.18. The van der Waals surface area contributed by atoms with E-state index in [1.165, 1.54) is 0 Å². The van der Waals surface area contributed by atoms with Crippen LogP contribution in [0.2, 0.25) is 0 Å². The Hall–Kier alpha value is -1.75. The maximum absolute atomic E-state index is 5.54. The van der Waals surface area contributed by atoms with Crippen LogP contribution in [0, 0.1) is 0 Å². The van der Waals surface area contributed by atoms with E-state index < -0.39 is 0 Å². The minimum absolute atomic E-state index is 0.267. The van der Waals surface area contributed by atoms with E-state index in [0.29, 0.717) is 0 Å². The van der Waals surface area contributed by atoms with Crippen molar-refractivity contribution in [3.63, 3.8) is 0 Å². The van der Waals surface area contributed by atoms with Gasteiger partial charge >= 0.3 is 0 Å². The second-order valence-corrected chi connectivity index (χ2v) is 4.36. The summed E-state index contributed by atoms with van der Waals surface area (Å²) in [7, 11) is 5.85. The Bertz CT molecular complexity index is 436. The summed E-state index contributed by atoms with van der Waals surface area (Å²) >= 11 is 0. The van der Waals surface area contributed by atoms with E-state index in [1.807, 2.05) is 20.2 Å². The molecule has 0 fully saturated rings. The number of likely N-dealkylation sites (N-methyl/N-ethyl adjacent to an activating group) is 1. The van der Waals surface area contributed by atoms with Crippen LogP contribution in [0.15, 0.2) is 41.1 Å². The third-order valence-corrected chi connectivity index (χ3v) is 2.86. The topological polar surface area (TPSA) is 37.3 Å². The number of nitrogens with zero attached hydrogens (tertiary/aromatic N) is 3. The molecular formula is C13H19N3O2. The molecule has 0 saturated carbocycles. The van der Waals surface area contributed by atoms with Gasteiger partial charge in [-0.3, -0.25) is 4.99 Å². The lowest BCUT2D eigenvalue weighted by molar-refractivity contribution is 0.0494. The van der Waals surface area contributed by atoms with Crippen LogP contribution >= 0.6 is 0 Å². The summed E-state index contributed by atoms with van der Waals surface area (Å²) in [4.78, 5) is 8.51. The van der Waals surface area contributed by atoms with Crippen LogP contribution in [0.1, 0.15) is 0 Å². The zero-order chi connectivity index (χ0) is 13.1. The maximum atomic E-state index is 5.54. The Morgan fingerprint density at radius 1 is 1.44 bits per heavy atom. The lowest BCUT2D eigenvalue weighted by atomic mass is 10.2. The third kappa shape index (κ3) is 2.13. The number of hydrogen-bond acceptors (Lipinski definition) is 5. The van der Waals surface area contributed by atoms with E-state index in [2.05, 4.69) is 21.4 Å². The first-order valence-corrected chi connectivity index (χ1v) is 5.91. The summed E-state index contributed by atoms with van der Waals surface area (Å²) in [5.74, 6) is 1.51. The summed E-state index contributed by atoms with van der Waals surface area (Å²) in [5, 5.41) is 0. The molecule has 5 heteroatoms. The SMILES string of the molecule is C=C/C=C1\C(=NC)C2=C(OCO2)N1CCN(C)C. The number of allylic oxidation sites excluding steroid dienone is 2. The van der Waals surface area contributed by atoms with Crippen LogP contribution in [-0.2, 0) is 9.47 Å². The monoisotopic (exact) mass is 249 g/mol. The Balaban J connectivity index is 2.29. The van der Waals surface area contributed by atoms with Crippen LogP contribution in [0.4, 0.5) is 0 Å². The van der Waals surface area contributed by atoms with Gasteiger partial charge in [-0.1, -0.05) is 12.7 Å². The van der Waals surface area contributed by atoms with Gasteiger partial charge in [-0.2, -0.15) is 0 Å². The van der Waals surface area contributed by atoms with Gasteiger partial charge in [-0.05, 0) is 20.2 Å². The molecule has 0 atom stereocenters. The molecule has 2 rings (SSSR count). The van der Waals surface area contributed by atoms with E-state index in [0.717, 1.165) is 36.1 Å². The molecule has 18 heavy (non-hydrogen) atoms. The van der Waals surface area contributed by atoms with Crippen molar-refractivity contribution >= 4 is 5.71 Å². The first kappa shape index (κ1) is 12.7. The molecule has 0 aromatic rings. The minimum atomic E-state index is 0.267. The Morgan fingerprint density at radius 3 is 2.83 bits per heavy atom. The number of aliphatic imine (C=N–C) groups is 1. The molecule has 0 aliphatic carbocycles. The van der Waals surface area contributed by atoms with Crippen molar-refractivity contribution in [2.45, 2.75) is 0 Å². The Kier molecular flexibility index (Phi) is 3.72. The fraction of sp³-hybridized carbons (Fsp3) is 0.462. The number of rotatable bonds is 4. The average molecular weight is 249 g/mol. The van der Waals surface area contributed by atoms with Crippen molar-refractivity contribution in [1.29, 1.82) is 0 Å². The lowest BCUT2D eigenvalue weighted by Gasteiger charge is -2.23. The second-order valence-electron chi connectivity index (χ2n) is 4.36. The molecular weight excluding hydrogens is 230 g/mol. The molecule has 0 radical (unpaired) electrons. The highest BCUT2D eigenvalue weighted by Gasteiger charge is 2.38. The van der Waals surface area contributed by atoms with Gasteiger partial charge in [-0.15, -0.1) is 0 Å². The van der Waals surface area contributed by atoms with Gasteiger partial charge in [0.05, 0.1) is 5.70 Å². The van der Waals surface area contributed by atoms with E-state index in [-0.39, 0.29) is 6.79 Å². The zero-order valence-electron chi connectivity index (χ0n) is 11.1. The molecule has 2 aliphatic rings. The summed E-state index contributed by atoms with van der Waals surface area (Å²) in [6, 6.07) is 0. The highest BCUT2D eigenvalue weighted by molar-refractivity contribution is 6.13. The summed E-state index contributed by atoms with van der Waals surface area (Å²) in [6.45, 7) is 5.76. The fourth-order valence-corrected chi connectivity index (χ4v) is 2.01. The van der Waals surface area contributed by atoms with Gasteiger partial charge in [-0.25, -0.2) is 0 Å². The van der Waals surface area contributed by atoms with Crippen molar-refractivity contribution in [2.75, 3.05) is 41.0 Å². The molecule has 5 nitrogen and oxygen atoms in total. The highest BCUT2D eigenvalue weighted by Crippen LogP contribution is 2.34. The van der Waals surface area contributed by atoms with E-state index in [4.69, 9.17) is 9.47 Å². The molecule has 98 valence electrons. The maximum Gasteiger partial charge on any atom is 0.243 e. The van der Waals surface area contributed by atoms with Gasteiger partial charge in [0, 0.05) is 20.1 Å². The first-order valence-electron chi connectivity index (χ1n) is 5.91. The quantitative estimate of drug-likeness (QED) is 0.749. The normalized spacial score (nSPS) is 22.8. The standard InChI is InChI=1S/C13H19N3O2/c1-5-6-10-11(14-2)12-13(18-9-17-12)16(10)8-7-15(3)4/h5-6H,1,7-9H2,2-4H3/b10-6+,14-11?. The molecule has 2 heterocycles. The van der Waals surface area contributed by atoms with Gasteiger partial charge in [0.15, 0.2) is 0 Å². The zero-order valence-corrected chi connectivity index (χ0v) is 11.1. The van der Waals surface area contributed by atoms with Gasteiger partial charge in [0.2, 0.25) is 18.4 Å². The molecule has 0 unspecified atom stereocenters. The fourth-order valence-electron chi connectivity index (χ4n) is 2.01. The second kappa shape index (κ2) is 5.27. The van der Waals surface area contributed by atoms with E-state index in [1.54, 1.807) is 13.1 Å². The molecule has 0 aromatic carbocycles. The molecule has 0 aromatic heterocycles. The Morgan fingerprint density at radius 2 is 2.22 bits per heavy atom. The summed E-state index contributed by atoms with van der Waals surface area (Å²) in [6.07, 6.45) is 3.69. The third-order valence-electron chi connectivity index (χ3n) is 2.86. The minimum Gasteiger partial charge on any atom is -0.449 e. The number of ether oxygens (including phenoxy) is 2. The molecule has 0 spiro atoms. The smallest absolute Gasteiger partial charge is 0.243 e.